The van der Waals surface area contributed by atoms with Gasteiger partial charge in [-0.3, -0.25) is 5.10 Å². The number of halogens is 1. The minimum atomic E-state index is -0.259. The summed E-state index contributed by atoms with van der Waals surface area (Å²) in [6.45, 7) is 2.17. The Kier molecular flexibility index (Phi) is 4.59. The number of nitrogens with zero attached hydrogens (tertiary/aromatic N) is 2. The maximum atomic E-state index is 13.2. The molecule has 1 aliphatic carbocycles. The number of nitrogens with one attached hydrogen (secondary N) is 2. The Labute approximate surface area is 157 Å². The van der Waals surface area contributed by atoms with E-state index in [2.05, 4.69) is 51.7 Å². The first kappa shape index (κ1) is 17.2. The lowest BCUT2D eigenvalue weighted by molar-refractivity contribution is 0.555. The second kappa shape index (κ2) is 7.19. The van der Waals surface area contributed by atoms with E-state index in [-0.39, 0.29) is 11.4 Å². The lowest BCUT2D eigenvalue weighted by atomic mass is 9.88. The van der Waals surface area contributed by atoms with E-state index in [1.54, 1.807) is 18.3 Å². The highest BCUT2D eigenvalue weighted by Crippen LogP contribution is 2.32. The maximum Gasteiger partial charge on any atom is 0.127 e. The molecule has 2 aromatic heterocycles. The molecule has 4 nitrogen and oxygen atoms in total. The van der Waals surface area contributed by atoms with Crippen LogP contribution in [0.5, 0.6) is 0 Å². The van der Waals surface area contributed by atoms with Crippen LogP contribution in [-0.2, 0) is 0 Å². The molecule has 2 N–H and O–H groups in total. The molecule has 27 heavy (non-hydrogen) atoms. The van der Waals surface area contributed by atoms with Crippen molar-refractivity contribution in [2.24, 2.45) is 0 Å². The average molecular weight is 360 g/mol. The highest BCUT2D eigenvalue weighted by Gasteiger charge is 2.25. The lowest BCUT2D eigenvalue weighted by Gasteiger charge is -2.32. The minimum absolute atomic E-state index is 0.115. The zero-order valence-electron chi connectivity index (χ0n) is 15.1. The summed E-state index contributed by atoms with van der Waals surface area (Å²) in [6, 6.07) is 10.4. The van der Waals surface area contributed by atoms with Gasteiger partial charge in [0.25, 0.3) is 0 Å². The number of hydrogen-bond acceptors (Lipinski definition) is 3. The van der Waals surface area contributed by atoms with E-state index in [4.69, 9.17) is 0 Å². The third-order valence-corrected chi connectivity index (χ3v) is 4.98. The van der Waals surface area contributed by atoms with Crippen molar-refractivity contribution < 1.29 is 4.39 Å². The van der Waals surface area contributed by atoms with Gasteiger partial charge in [-0.2, -0.15) is 5.10 Å². The van der Waals surface area contributed by atoms with Gasteiger partial charge in [-0.25, -0.2) is 9.37 Å². The number of anilines is 1. The molecular formula is C22H21FN4. The van der Waals surface area contributed by atoms with Crippen molar-refractivity contribution in [3.05, 3.63) is 78.9 Å². The Hall–Kier alpha value is -3.21. The van der Waals surface area contributed by atoms with E-state index in [0.29, 0.717) is 0 Å². The van der Waals surface area contributed by atoms with Crippen LogP contribution >= 0.6 is 0 Å². The van der Waals surface area contributed by atoms with Crippen LogP contribution in [0, 0.1) is 5.82 Å². The number of aromatic amines is 1. The molecule has 1 unspecified atom stereocenters. The molecule has 1 aromatic carbocycles. The fourth-order valence-electron chi connectivity index (χ4n) is 3.37. The molecule has 0 radical (unpaired) electrons. The van der Waals surface area contributed by atoms with Crippen molar-refractivity contribution in [2.75, 3.05) is 5.32 Å². The van der Waals surface area contributed by atoms with Crippen molar-refractivity contribution in [1.29, 1.82) is 0 Å². The molecule has 0 saturated carbocycles. The van der Waals surface area contributed by atoms with Gasteiger partial charge in [0.15, 0.2) is 0 Å². The monoisotopic (exact) mass is 360 g/mol. The Balaban J connectivity index is 1.66. The Morgan fingerprint density at radius 2 is 2.00 bits per heavy atom. The highest BCUT2D eigenvalue weighted by atomic mass is 19.1. The van der Waals surface area contributed by atoms with Gasteiger partial charge in [-0.05, 0) is 54.8 Å². The van der Waals surface area contributed by atoms with Crippen LogP contribution in [-0.4, -0.2) is 20.7 Å². The molecule has 1 atom stereocenters. The van der Waals surface area contributed by atoms with Crippen molar-refractivity contribution in [1.82, 2.24) is 15.2 Å². The number of benzene rings is 1. The zero-order valence-corrected chi connectivity index (χ0v) is 15.1. The normalized spacial score (nSPS) is 18.6. The van der Waals surface area contributed by atoms with Crippen LogP contribution in [0.2, 0.25) is 0 Å². The smallest absolute Gasteiger partial charge is 0.127 e. The van der Waals surface area contributed by atoms with Gasteiger partial charge >= 0.3 is 0 Å². The SMILES string of the molecule is CCC1(Nc2cc(-c3c[nH]nc3-c3ccc(F)cc3)ccn2)C=CC=CC1. The molecule has 0 fully saturated rings. The molecule has 0 amide bonds. The molecule has 2 heterocycles. The van der Waals surface area contributed by atoms with Gasteiger partial charge < -0.3 is 5.32 Å². The molecule has 136 valence electrons. The van der Waals surface area contributed by atoms with E-state index < -0.39 is 0 Å². The van der Waals surface area contributed by atoms with E-state index in [9.17, 15) is 4.39 Å². The van der Waals surface area contributed by atoms with Gasteiger partial charge in [0.05, 0.1) is 11.2 Å². The third-order valence-electron chi connectivity index (χ3n) is 4.98. The molecule has 0 saturated heterocycles. The molecule has 1 aliphatic rings. The Morgan fingerprint density at radius 3 is 2.74 bits per heavy atom. The predicted molar refractivity (Wildman–Crippen MR) is 107 cm³/mol. The summed E-state index contributed by atoms with van der Waals surface area (Å²) >= 11 is 0. The zero-order chi connectivity index (χ0) is 18.7. The van der Waals surface area contributed by atoms with Gasteiger partial charge in [0, 0.05) is 23.5 Å². The summed E-state index contributed by atoms with van der Waals surface area (Å²) in [4.78, 5) is 4.50. The number of hydrogen-bond donors (Lipinski definition) is 2. The standard InChI is InChI=1S/C22H21FN4/c1-2-22(11-4-3-5-12-22)26-20-14-17(10-13-24-20)19-15-25-27-21(19)16-6-8-18(23)9-7-16/h3-11,13-15H,2,12H2,1H3,(H,24,26)(H,25,27). The van der Waals surface area contributed by atoms with Crippen LogP contribution in [0.4, 0.5) is 10.2 Å². The topological polar surface area (TPSA) is 53.6 Å². The summed E-state index contributed by atoms with van der Waals surface area (Å²) in [5.74, 6) is 0.561. The van der Waals surface area contributed by atoms with Crippen molar-refractivity contribution in [2.45, 2.75) is 25.3 Å². The fraction of sp³-hybridized carbons (Fsp3) is 0.182. The largest absolute Gasteiger partial charge is 0.361 e. The van der Waals surface area contributed by atoms with Crippen molar-refractivity contribution in [3.63, 3.8) is 0 Å². The van der Waals surface area contributed by atoms with E-state index >= 15 is 0 Å². The summed E-state index contributed by atoms with van der Waals surface area (Å²) in [7, 11) is 0. The quantitative estimate of drug-likeness (QED) is 0.644. The van der Waals surface area contributed by atoms with Crippen LogP contribution in [0.25, 0.3) is 22.4 Å². The molecule has 0 bridgehead atoms. The molecule has 0 aliphatic heterocycles. The van der Waals surface area contributed by atoms with Crippen LogP contribution < -0.4 is 5.32 Å². The van der Waals surface area contributed by atoms with Gasteiger partial charge in [-0.15, -0.1) is 0 Å². The van der Waals surface area contributed by atoms with E-state index in [1.807, 2.05) is 18.3 Å². The number of rotatable bonds is 5. The average Bonchev–Trinajstić information content (AvgIpc) is 3.19. The first-order valence-electron chi connectivity index (χ1n) is 9.08. The van der Waals surface area contributed by atoms with Gasteiger partial charge in [-0.1, -0.05) is 31.2 Å². The number of H-pyrrole nitrogens is 1. The summed E-state index contributed by atoms with van der Waals surface area (Å²) in [5.41, 5.74) is 3.50. The van der Waals surface area contributed by atoms with Crippen molar-refractivity contribution >= 4 is 5.82 Å². The lowest BCUT2D eigenvalue weighted by Crippen LogP contribution is -2.36. The predicted octanol–water partition coefficient (Wildman–Crippen LogP) is 5.35. The second-order valence-corrected chi connectivity index (χ2v) is 6.71. The number of allylic oxidation sites excluding steroid dienone is 2. The maximum absolute atomic E-state index is 13.2. The van der Waals surface area contributed by atoms with E-state index in [0.717, 1.165) is 41.0 Å². The highest BCUT2D eigenvalue weighted by molar-refractivity contribution is 5.81. The molecular weight excluding hydrogens is 339 g/mol. The first-order chi connectivity index (χ1) is 13.2. The molecule has 5 heteroatoms. The minimum Gasteiger partial charge on any atom is -0.361 e. The van der Waals surface area contributed by atoms with Crippen molar-refractivity contribution in [3.8, 4) is 22.4 Å². The van der Waals surface area contributed by atoms with E-state index in [1.165, 1.54) is 12.1 Å². The Bertz CT molecular complexity index is 988. The summed E-state index contributed by atoms with van der Waals surface area (Å²) < 4.78 is 13.2. The number of pyridine rings is 1. The van der Waals surface area contributed by atoms with Crippen LogP contribution in [0.3, 0.4) is 0 Å². The summed E-state index contributed by atoms with van der Waals surface area (Å²) in [5, 5.41) is 10.9. The van der Waals surface area contributed by atoms with Gasteiger partial charge in [0.1, 0.15) is 11.6 Å². The second-order valence-electron chi connectivity index (χ2n) is 6.71. The molecule has 3 aromatic rings. The van der Waals surface area contributed by atoms with Crippen LogP contribution in [0.15, 0.2) is 73.1 Å². The molecule has 0 spiro atoms. The van der Waals surface area contributed by atoms with Crippen LogP contribution in [0.1, 0.15) is 19.8 Å². The third kappa shape index (κ3) is 3.53. The number of aromatic nitrogens is 3. The molecule has 4 rings (SSSR count). The van der Waals surface area contributed by atoms with Gasteiger partial charge in [0.2, 0.25) is 0 Å². The summed E-state index contributed by atoms with van der Waals surface area (Å²) in [6.07, 6.45) is 14.1. The Morgan fingerprint density at radius 1 is 1.15 bits per heavy atom. The first-order valence-corrected chi connectivity index (χ1v) is 9.08. The fourth-order valence-corrected chi connectivity index (χ4v) is 3.37.